The standard InChI is InChI=1S/C13H14ClNO4S2/c1-8-4-5-13(20-8)21(16,17)15-10-6-9(14)11(18-2)7-12(10)19-3/h4-7,15H,1-3H3. The van der Waals surface area contributed by atoms with Gasteiger partial charge in [0.2, 0.25) is 0 Å². The number of aryl methyl sites for hydroxylation is 1. The second-order valence-corrected chi connectivity index (χ2v) is 7.76. The first kappa shape index (κ1) is 15.9. The Morgan fingerprint density at radius 1 is 1.14 bits per heavy atom. The van der Waals surface area contributed by atoms with Crippen LogP contribution < -0.4 is 14.2 Å². The summed E-state index contributed by atoms with van der Waals surface area (Å²) in [5.74, 6) is 0.733. The fraction of sp³-hybridized carbons (Fsp3) is 0.231. The van der Waals surface area contributed by atoms with E-state index in [2.05, 4.69) is 4.72 Å². The Kier molecular flexibility index (Phi) is 4.65. The molecule has 0 bridgehead atoms. The highest BCUT2D eigenvalue weighted by molar-refractivity contribution is 7.94. The van der Waals surface area contributed by atoms with Crippen molar-refractivity contribution >= 4 is 38.6 Å². The van der Waals surface area contributed by atoms with E-state index < -0.39 is 10.0 Å². The molecule has 0 saturated carbocycles. The number of anilines is 1. The average molecular weight is 348 g/mol. The molecule has 21 heavy (non-hydrogen) atoms. The van der Waals surface area contributed by atoms with Crippen LogP contribution in [0, 0.1) is 6.92 Å². The smallest absolute Gasteiger partial charge is 0.271 e. The van der Waals surface area contributed by atoms with Crippen LogP contribution in [0.25, 0.3) is 0 Å². The number of ether oxygens (including phenoxy) is 2. The number of benzene rings is 1. The molecule has 0 unspecified atom stereocenters. The number of rotatable bonds is 5. The van der Waals surface area contributed by atoms with Crippen molar-refractivity contribution in [1.29, 1.82) is 0 Å². The van der Waals surface area contributed by atoms with Crippen LogP contribution in [0.5, 0.6) is 11.5 Å². The fourth-order valence-corrected chi connectivity index (χ4v) is 4.28. The molecule has 0 saturated heterocycles. The molecule has 1 heterocycles. The molecule has 8 heteroatoms. The lowest BCUT2D eigenvalue weighted by molar-refractivity contribution is 0.396. The first-order chi connectivity index (χ1) is 9.87. The lowest BCUT2D eigenvalue weighted by Crippen LogP contribution is -2.12. The van der Waals surface area contributed by atoms with Gasteiger partial charge < -0.3 is 9.47 Å². The van der Waals surface area contributed by atoms with E-state index in [1.807, 2.05) is 6.92 Å². The van der Waals surface area contributed by atoms with Gasteiger partial charge in [-0.15, -0.1) is 11.3 Å². The van der Waals surface area contributed by atoms with Crippen LogP contribution in [0.3, 0.4) is 0 Å². The molecule has 114 valence electrons. The molecule has 0 radical (unpaired) electrons. The van der Waals surface area contributed by atoms with E-state index in [-0.39, 0.29) is 9.90 Å². The lowest BCUT2D eigenvalue weighted by atomic mass is 10.3. The molecule has 1 aromatic carbocycles. The topological polar surface area (TPSA) is 64.6 Å². The van der Waals surface area contributed by atoms with Crippen molar-refractivity contribution in [2.75, 3.05) is 18.9 Å². The third-order valence-electron chi connectivity index (χ3n) is 2.70. The van der Waals surface area contributed by atoms with E-state index >= 15 is 0 Å². The number of thiophene rings is 1. The maximum absolute atomic E-state index is 12.3. The van der Waals surface area contributed by atoms with Crippen LogP contribution in [0.1, 0.15) is 4.88 Å². The molecule has 2 aromatic rings. The van der Waals surface area contributed by atoms with Crippen LogP contribution in [0.2, 0.25) is 5.02 Å². The molecule has 0 aliphatic heterocycles. The zero-order valence-electron chi connectivity index (χ0n) is 11.6. The number of nitrogens with one attached hydrogen (secondary N) is 1. The zero-order chi connectivity index (χ0) is 15.6. The minimum absolute atomic E-state index is 0.231. The summed E-state index contributed by atoms with van der Waals surface area (Å²) in [5.41, 5.74) is 0.259. The molecule has 0 aliphatic carbocycles. The van der Waals surface area contributed by atoms with Gasteiger partial charge in [-0.25, -0.2) is 8.42 Å². The first-order valence-electron chi connectivity index (χ1n) is 5.88. The van der Waals surface area contributed by atoms with Gasteiger partial charge in [-0.3, -0.25) is 4.72 Å². The molecule has 0 fully saturated rings. The van der Waals surface area contributed by atoms with Crippen molar-refractivity contribution in [1.82, 2.24) is 0 Å². The maximum atomic E-state index is 12.3. The highest BCUT2D eigenvalue weighted by atomic mass is 35.5. The van der Waals surface area contributed by atoms with E-state index in [9.17, 15) is 8.42 Å². The monoisotopic (exact) mass is 347 g/mol. The zero-order valence-corrected chi connectivity index (χ0v) is 14.0. The van der Waals surface area contributed by atoms with Gasteiger partial charge in [0, 0.05) is 10.9 Å². The van der Waals surface area contributed by atoms with Gasteiger partial charge in [0.1, 0.15) is 15.7 Å². The highest BCUT2D eigenvalue weighted by Gasteiger charge is 2.19. The van der Waals surface area contributed by atoms with Crippen molar-refractivity contribution in [3.8, 4) is 11.5 Å². The second kappa shape index (κ2) is 6.13. The summed E-state index contributed by atoms with van der Waals surface area (Å²) in [6.45, 7) is 1.84. The van der Waals surface area contributed by atoms with E-state index in [4.69, 9.17) is 21.1 Å². The lowest BCUT2D eigenvalue weighted by Gasteiger charge is -2.13. The van der Waals surface area contributed by atoms with Gasteiger partial charge in [0.25, 0.3) is 10.0 Å². The summed E-state index contributed by atoms with van der Waals surface area (Å²) in [5, 5.41) is 0.290. The molecular weight excluding hydrogens is 334 g/mol. The number of methoxy groups -OCH3 is 2. The van der Waals surface area contributed by atoms with Crippen LogP contribution >= 0.6 is 22.9 Å². The predicted octanol–water partition coefficient (Wildman–Crippen LogP) is 3.53. The Balaban J connectivity index is 2.41. The summed E-state index contributed by atoms with van der Waals surface area (Å²) < 4.78 is 37.6. The van der Waals surface area contributed by atoms with Crippen molar-refractivity contribution < 1.29 is 17.9 Å². The summed E-state index contributed by atoms with van der Waals surface area (Å²) in [4.78, 5) is 0.912. The SMILES string of the molecule is COc1cc(OC)c(NS(=O)(=O)c2ccc(C)s2)cc1Cl. The molecule has 0 spiro atoms. The summed E-state index contributed by atoms with van der Waals surface area (Å²) in [6, 6.07) is 6.29. The molecule has 0 atom stereocenters. The fourth-order valence-electron chi connectivity index (χ4n) is 1.69. The van der Waals surface area contributed by atoms with Gasteiger partial charge in [-0.05, 0) is 25.1 Å². The minimum Gasteiger partial charge on any atom is -0.495 e. The van der Waals surface area contributed by atoms with Gasteiger partial charge in [0.05, 0.1) is 24.9 Å². The van der Waals surface area contributed by atoms with Gasteiger partial charge >= 0.3 is 0 Å². The maximum Gasteiger partial charge on any atom is 0.271 e. The van der Waals surface area contributed by atoms with Crippen LogP contribution in [-0.4, -0.2) is 22.6 Å². The molecule has 5 nitrogen and oxygen atoms in total. The van der Waals surface area contributed by atoms with Gasteiger partial charge in [-0.2, -0.15) is 0 Å². The van der Waals surface area contributed by atoms with Crippen molar-refractivity contribution in [2.45, 2.75) is 11.1 Å². The number of hydrogen-bond donors (Lipinski definition) is 1. The number of sulfonamides is 1. The van der Waals surface area contributed by atoms with Crippen LogP contribution in [-0.2, 0) is 10.0 Å². The van der Waals surface area contributed by atoms with Crippen LogP contribution in [0.15, 0.2) is 28.5 Å². The predicted molar refractivity (Wildman–Crippen MR) is 84.4 cm³/mol. The minimum atomic E-state index is -3.67. The number of halogens is 1. The Hall–Kier alpha value is -1.44. The molecule has 1 N–H and O–H groups in total. The first-order valence-corrected chi connectivity index (χ1v) is 8.56. The van der Waals surface area contributed by atoms with E-state index in [1.165, 1.54) is 37.7 Å². The largest absolute Gasteiger partial charge is 0.495 e. The summed E-state index contributed by atoms with van der Waals surface area (Å²) in [6.07, 6.45) is 0. The quantitative estimate of drug-likeness (QED) is 0.898. The molecule has 0 amide bonds. The second-order valence-electron chi connectivity index (χ2n) is 4.16. The Labute approximate surface area is 132 Å². The Morgan fingerprint density at radius 3 is 2.33 bits per heavy atom. The van der Waals surface area contributed by atoms with E-state index in [0.717, 1.165) is 4.88 Å². The van der Waals surface area contributed by atoms with Crippen molar-refractivity contribution in [3.05, 3.63) is 34.2 Å². The van der Waals surface area contributed by atoms with Crippen LogP contribution in [0.4, 0.5) is 5.69 Å². The molecule has 2 rings (SSSR count). The van der Waals surface area contributed by atoms with Gasteiger partial charge in [0.15, 0.2) is 0 Å². The molecule has 0 aliphatic rings. The Morgan fingerprint density at radius 2 is 1.81 bits per heavy atom. The van der Waals surface area contributed by atoms with Crippen molar-refractivity contribution in [3.63, 3.8) is 0 Å². The van der Waals surface area contributed by atoms with E-state index in [1.54, 1.807) is 12.1 Å². The third-order valence-corrected chi connectivity index (χ3v) is 5.85. The third kappa shape index (κ3) is 3.42. The molecular formula is C13H14ClNO4S2. The number of hydrogen-bond acceptors (Lipinski definition) is 5. The average Bonchev–Trinajstić information content (AvgIpc) is 2.86. The summed E-state index contributed by atoms with van der Waals surface area (Å²) >= 11 is 7.21. The summed E-state index contributed by atoms with van der Waals surface area (Å²) in [7, 11) is -0.761. The van der Waals surface area contributed by atoms with E-state index in [0.29, 0.717) is 16.5 Å². The molecule has 1 aromatic heterocycles. The highest BCUT2D eigenvalue weighted by Crippen LogP contribution is 2.37. The normalized spacial score (nSPS) is 11.2. The van der Waals surface area contributed by atoms with Crippen molar-refractivity contribution in [2.24, 2.45) is 0 Å². The Bertz CT molecular complexity index is 756. The van der Waals surface area contributed by atoms with Gasteiger partial charge in [-0.1, -0.05) is 11.6 Å².